The third-order valence-corrected chi connectivity index (χ3v) is 9.53. The molecular formula is C28H27ClF5N5O. The SMILES string of the molecule is Cc1ccc(F)c(N2CC3(CC(c4nnc5n4-c4ccc(Cl)cc4CN(C4CC(O)(C(F)(F)F)C4)C5)C3)C2)c1F. The highest BCUT2D eigenvalue weighted by Crippen LogP contribution is 2.57. The molecule has 6 nitrogen and oxygen atoms in total. The van der Waals surface area contributed by atoms with Gasteiger partial charge in [-0.2, -0.15) is 13.2 Å². The number of halogens is 6. The fraction of sp³-hybridized carbons (Fsp3) is 0.500. The molecule has 0 atom stereocenters. The summed E-state index contributed by atoms with van der Waals surface area (Å²) in [5, 5.41) is 19.5. The highest BCUT2D eigenvalue weighted by Gasteiger charge is 2.62. The van der Waals surface area contributed by atoms with Gasteiger partial charge in [-0.1, -0.05) is 17.7 Å². The lowest BCUT2D eigenvalue weighted by molar-refractivity contribution is -0.300. The monoisotopic (exact) mass is 579 g/mol. The number of aliphatic hydroxyl groups is 1. The molecule has 0 unspecified atom stereocenters. The predicted octanol–water partition coefficient (Wildman–Crippen LogP) is 5.66. The number of nitrogens with zero attached hydrogens (tertiary/aromatic N) is 5. The number of anilines is 1. The molecule has 1 spiro atoms. The van der Waals surface area contributed by atoms with Crippen LogP contribution in [0.4, 0.5) is 27.6 Å². The summed E-state index contributed by atoms with van der Waals surface area (Å²) in [5.74, 6) is 0.408. The van der Waals surface area contributed by atoms with Gasteiger partial charge in [0.2, 0.25) is 0 Å². The molecule has 40 heavy (non-hydrogen) atoms. The Labute approximate surface area is 232 Å². The number of hydrogen-bond donors (Lipinski definition) is 1. The van der Waals surface area contributed by atoms with E-state index in [0.717, 1.165) is 29.9 Å². The van der Waals surface area contributed by atoms with Crippen molar-refractivity contribution >= 4 is 17.3 Å². The molecule has 2 aliphatic carbocycles. The molecule has 2 aromatic carbocycles. The van der Waals surface area contributed by atoms with Crippen molar-refractivity contribution in [2.75, 3.05) is 18.0 Å². The minimum atomic E-state index is -4.67. The Hall–Kier alpha value is -2.76. The molecule has 7 rings (SSSR count). The summed E-state index contributed by atoms with van der Waals surface area (Å²) in [7, 11) is 0. The summed E-state index contributed by atoms with van der Waals surface area (Å²) >= 11 is 6.31. The zero-order valence-electron chi connectivity index (χ0n) is 21.6. The molecule has 3 aromatic rings. The lowest BCUT2D eigenvalue weighted by atomic mass is 9.57. The van der Waals surface area contributed by atoms with Gasteiger partial charge in [-0.25, -0.2) is 8.78 Å². The molecule has 0 amide bonds. The molecule has 3 fully saturated rings. The lowest BCUT2D eigenvalue weighted by Crippen LogP contribution is -2.62. The van der Waals surface area contributed by atoms with Gasteiger partial charge < -0.3 is 10.0 Å². The van der Waals surface area contributed by atoms with Gasteiger partial charge in [0.05, 0.1) is 12.2 Å². The minimum absolute atomic E-state index is 0.0322. The summed E-state index contributed by atoms with van der Waals surface area (Å²) < 4.78 is 70.9. The van der Waals surface area contributed by atoms with Crippen LogP contribution in [-0.4, -0.2) is 55.7 Å². The van der Waals surface area contributed by atoms with E-state index in [1.807, 2.05) is 21.6 Å². The maximum absolute atomic E-state index is 14.6. The molecule has 0 bridgehead atoms. The largest absolute Gasteiger partial charge is 0.417 e. The third kappa shape index (κ3) is 3.88. The molecule has 0 radical (unpaired) electrons. The van der Waals surface area contributed by atoms with Crippen molar-refractivity contribution in [2.24, 2.45) is 5.41 Å². The van der Waals surface area contributed by atoms with Crippen LogP contribution in [0.2, 0.25) is 5.02 Å². The Morgan fingerprint density at radius 3 is 2.42 bits per heavy atom. The van der Waals surface area contributed by atoms with Gasteiger partial charge in [0.15, 0.2) is 17.2 Å². The van der Waals surface area contributed by atoms with E-state index in [2.05, 4.69) is 10.2 Å². The second-order valence-corrected chi connectivity index (χ2v) is 12.5. The Morgan fingerprint density at radius 1 is 1.00 bits per heavy atom. The second-order valence-electron chi connectivity index (χ2n) is 12.1. The van der Waals surface area contributed by atoms with Crippen LogP contribution >= 0.6 is 11.6 Å². The first-order valence-electron chi connectivity index (χ1n) is 13.3. The van der Waals surface area contributed by atoms with E-state index in [1.54, 1.807) is 17.9 Å². The Kier molecular flexibility index (Phi) is 5.64. The molecule has 212 valence electrons. The molecule has 1 saturated heterocycles. The van der Waals surface area contributed by atoms with Crippen molar-refractivity contribution in [1.82, 2.24) is 19.7 Å². The van der Waals surface area contributed by atoms with Gasteiger partial charge in [-0.3, -0.25) is 9.47 Å². The first kappa shape index (κ1) is 26.2. The molecule has 12 heteroatoms. The maximum Gasteiger partial charge on any atom is 0.417 e. The molecular weight excluding hydrogens is 553 g/mol. The number of benzene rings is 2. The maximum atomic E-state index is 14.6. The average Bonchev–Trinajstić information content (AvgIpc) is 3.14. The quantitative estimate of drug-likeness (QED) is 0.406. The van der Waals surface area contributed by atoms with E-state index >= 15 is 0 Å². The van der Waals surface area contributed by atoms with Crippen molar-refractivity contribution in [3.8, 4) is 5.69 Å². The minimum Gasteiger partial charge on any atom is -0.380 e. The normalized spacial score (nSPS) is 26.0. The third-order valence-electron chi connectivity index (χ3n) is 9.30. The summed E-state index contributed by atoms with van der Waals surface area (Å²) in [6.45, 7) is 3.40. The standard InChI is InChI=1S/C28H27ClF5N5O/c1-15-2-4-20(30)24(23(15)31)38-13-26(14-38)7-17(8-26)25-36-35-22-12-37(19-9-27(40,10-19)28(32,33)34)11-16-6-18(29)3-5-21(16)39(22)25/h2-6,17,19,40H,7-14H2,1H3. The molecule has 2 saturated carbocycles. The summed E-state index contributed by atoms with van der Waals surface area (Å²) in [5.41, 5.74) is -0.581. The highest BCUT2D eigenvalue weighted by molar-refractivity contribution is 6.30. The summed E-state index contributed by atoms with van der Waals surface area (Å²) in [4.78, 5) is 3.66. The molecule has 4 aliphatic rings. The number of fused-ring (bicyclic) bond motifs is 3. The first-order chi connectivity index (χ1) is 18.9. The summed E-state index contributed by atoms with van der Waals surface area (Å²) in [6, 6.07) is 7.75. The fourth-order valence-corrected chi connectivity index (χ4v) is 7.26. The number of aromatic nitrogens is 3. The fourth-order valence-electron chi connectivity index (χ4n) is 7.06. The molecule has 3 heterocycles. The van der Waals surface area contributed by atoms with Crippen LogP contribution in [-0.2, 0) is 13.1 Å². The number of hydrogen-bond acceptors (Lipinski definition) is 5. The highest BCUT2D eigenvalue weighted by atomic mass is 35.5. The van der Waals surface area contributed by atoms with Crippen LogP contribution in [0.25, 0.3) is 5.69 Å². The number of aryl methyl sites for hydroxylation is 1. The van der Waals surface area contributed by atoms with Crippen LogP contribution in [0.3, 0.4) is 0 Å². The zero-order chi connectivity index (χ0) is 28.2. The van der Waals surface area contributed by atoms with E-state index in [9.17, 15) is 27.1 Å². The van der Waals surface area contributed by atoms with Gasteiger partial charge >= 0.3 is 6.18 Å². The van der Waals surface area contributed by atoms with Crippen LogP contribution in [0.1, 0.15) is 54.4 Å². The number of rotatable bonds is 3. The van der Waals surface area contributed by atoms with E-state index in [-0.39, 0.29) is 23.6 Å². The van der Waals surface area contributed by atoms with Crippen LogP contribution in [0.5, 0.6) is 0 Å². The van der Waals surface area contributed by atoms with Crippen molar-refractivity contribution in [3.05, 3.63) is 69.8 Å². The lowest BCUT2D eigenvalue weighted by Gasteiger charge is -2.59. The van der Waals surface area contributed by atoms with Crippen molar-refractivity contribution in [3.63, 3.8) is 0 Å². The zero-order valence-corrected chi connectivity index (χ0v) is 22.4. The number of alkyl halides is 3. The van der Waals surface area contributed by atoms with E-state index < -0.39 is 42.3 Å². The van der Waals surface area contributed by atoms with Crippen LogP contribution in [0, 0.1) is 24.0 Å². The molecule has 1 aromatic heterocycles. The topological polar surface area (TPSA) is 57.4 Å². The van der Waals surface area contributed by atoms with Gasteiger partial charge in [0.25, 0.3) is 0 Å². The van der Waals surface area contributed by atoms with Gasteiger partial charge in [-0.15, -0.1) is 10.2 Å². The van der Waals surface area contributed by atoms with Gasteiger partial charge in [-0.05, 0) is 55.2 Å². The van der Waals surface area contributed by atoms with Crippen molar-refractivity contribution < 1.29 is 27.1 Å². The summed E-state index contributed by atoms with van der Waals surface area (Å²) in [6.07, 6.45) is -3.86. The molecule has 2 aliphatic heterocycles. The van der Waals surface area contributed by atoms with E-state index in [1.165, 1.54) is 12.1 Å². The van der Waals surface area contributed by atoms with Gasteiger partial charge in [0.1, 0.15) is 17.3 Å². The second kappa shape index (κ2) is 8.62. The predicted molar refractivity (Wildman–Crippen MR) is 137 cm³/mol. The first-order valence-corrected chi connectivity index (χ1v) is 13.7. The Morgan fingerprint density at radius 2 is 1.73 bits per heavy atom. The van der Waals surface area contributed by atoms with E-state index in [0.29, 0.717) is 36.0 Å². The van der Waals surface area contributed by atoms with Gasteiger partial charge in [0, 0.05) is 54.9 Å². The van der Waals surface area contributed by atoms with Crippen LogP contribution in [0.15, 0.2) is 30.3 Å². The smallest absolute Gasteiger partial charge is 0.380 e. The van der Waals surface area contributed by atoms with Crippen LogP contribution < -0.4 is 4.90 Å². The van der Waals surface area contributed by atoms with Crippen molar-refractivity contribution in [1.29, 1.82) is 0 Å². The molecule has 1 N–H and O–H groups in total. The Balaban J connectivity index is 1.12. The van der Waals surface area contributed by atoms with E-state index in [4.69, 9.17) is 11.6 Å². The average molecular weight is 580 g/mol. The van der Waals surface area contributed by atoms with Crippen molar-refractivity contribution in [2.45, 2.75) is 69.4 Å². The Bertz CT molecular complexity index is 1500.